The smallest absolute Gasteiger partial charge is 0.356 e. The highest BCUT2D eigenvalue weighted by Gasteiger charge is 2.24. The molecule has 1 heterocycles. The van der Waals surface area contributed by atoms with Gasteiger partial charge in [0.2, 0.25) is 0 Å². The number of esters is 1. The van der Waals surface area contributed by atoms with Gasteiger partial charge in [0, 0.05) is 24.7 Å². The van der Waals surface area contributed by atoms with Crippen molar-refractivity contribution < 1.29 is 20.0 Å². The van der Waals surface area contributed by atoms with Crippen molar-refractivity contribution >= 4 is 43.5 Å². The summed E-state index contributed by atoms with van der Waals surface area (Å²) < 4.78 is 8.04. The fourth-order valence-electron chi connectivity index (χ4n) is 2.07. The van der Waals surface area contributed by atoms with E-state index in [1.54, 1.807) is 30.7 Å². The van der Waals surface area contributed by atoms with Crippen molar-refractivity contribution in [2.45, 2.75) is 6.92 Å². The maximum absolute atomic E-state index is 12.1. The van der Waals surface area contributed by atoms with Crippen LogP contribution < -0.4 is 5.23 Å². The van der Waals surface area contributed by atoms with E-state index in [9.17, 15) is 10.0 Å². The van der Waals surface area contributed by atoms with Crippen molar-refractivity contribution in [3.8, 4) is 11.1 Å². The van der Waals surface area contributed by atoms with Gasteiger partial charge in [-0.25, -0.2) is 10.0 Å². The highest BCUT2D eigenvalue weighted by atomic mass is 79.9. The molecule has 2 aromatic rings. The van der Waals surface area contributed by atoms with Crippen molar-refractivity contribution in [2.75, 3.05) is 6.61 Å². The van der Waals surface area contributed by atoms with Gasteiger partial charge in [-0.05, 0) is 56.5 Å². The number of quaternary nitrogens is 1. The first-order chi connectivity index (χ1) is 10.4. The van der Waals surface area contributed by atoms with Crippen LogP contribution in [0.2, 0.25) is 0 Å². The van der Waals surface area contributed by atoms with Gasteiger partial charge in [-0.15, -0.1) is 0 Å². The van der Waals surface area contributed by atoms with Gasteiger partial charge in [-0.1, -0.05) is 0 Å². The van der Waals surface area contributed by atoms with E-state index in [0.29, 0.717) is 14.8 Å². The van der Waals surface area contributed by atoms with Gasteiger partial charge >= 0.3 is 5.97 Å². The molecule has 0 aliphatic heterocycles. The fraction of sp³-hybridized carbons (Fsp3) is 0.214. The van der Waals surface area contributed by atoms with Crippen LogP contribution in [0, 0.1) is 5.21 Å². The number of nitrogens with one attached hydrogen (secondary N) is 1. The Morgan fingerprint density at radius 3 is 2.45 bits per heavy atom. The van der Waals surface area contributed by atoms with Crippen LogP contribution >= 0.6 is 31.9 Å². The average Bonchev–Trinajstić information content (AvgIpc) is 2.69. The quantitative estimate of drug-likeness (QED) is 0.574. The molecule has 0 aliphatic rings. The molecular formula is C14H14Br2N2O4. The zero-order valence-electron chi connectivity index (χ0n) is 11.9. The normalized spacial score (nSPS) is 12.3. The number of hydrogen-bond donors (Lipinski definition) is 2. The van der Waals surface area contributed by atoms with Crippen molar-refractivity contribution in [3.05, 3.63) is 44.2 Å². The average molecular weight is 434 g/mol. The molecular weight excluding hydrogens is 420 g/mol. The van der Waals surface area contributed by atoms with E-state index < -0.39 is 11.2 Å². The first kappa shape index (κ1) is 17.2. The van der Waals surface area contributed by atoms with Gasteiger partial charge in [0.05, 0.1) is 15.7 Å². The van der Waals surface area contributed by atoms with Crippen LogP contribution in [0.5, 0.6) is 0 Å². The summed E-state index contributed by atoms with van der Waals surface area (Å²) in [5.41, 5.74) is 2.15. The summed E-state index contributed by atoms with van der Waals surface area (Å²) in [4.78, 5) is 12.1. The summed E-state index contributed by atoms with van der Waals surface area (Å²) in [7, 11) is 1.75. The predicted molar refractivity (Wildman–Crippen MR) is 88.0 cm³/mol. The Labute approximate surface area is 144 Å². The highest BCUT2D eigenvalue weighted by molar-refractivity contribution is 9.11. The second-order valence-corrected chi connectivity index (χ2v) is 6.03. The highest BCUT2D eigenvalue weighted by Crippen LogP contribution is 2.40. The maximum Gasteiger partial charge on any atom is 0.356 e. The number of benzene rings is 1. The molecule has 0 radical (unpaired) electrons. The van der Waals surface area contributed by atoms with Crippen LogP contribution in [0.3, 0.4) is 0 Å². The van der Waals surface area contributed by atoms with E-state index in [1.807, 2.05) is 0 Å². The number of hydrogen-bond acceptors (Lipinski definition) is 4. The van der Waals surface area contributed by atoms with Gasteiger partial charge in [-0.2, -0.15) is 5.23 Å². The van der Waals surface area contributed by atoms with Crippen LogP contribution in [0.1, 0.15) is 17.4 Å². The number of carbonyl (C=O) groups excluding carboxylic acids is 1. The first-order valence-corrected chi connectivity index (χ1v) is 8.01. The van der Waals surface area contributed by atoms with Crippen molar-refractivity contribution in [1.29, 1.82) is 0 Å². The Balaban J connectivity index is 2.52. The number of carbonyl (C=O) groups is 1. The Morgan fingerprint density at radius 1 is 1.36 bits per heavy atom. The maximum atomic E-state index is 12.1. The third-order valence-corrected chi connectivity index (χ3v) is 4.85. The lowest BCUT2D eigenvalue weighted by Crippen LogP contribution is -2.99. The molecule has 2 rings (SSSR count). The summed E-state index contributed by atoms with van der Waals surface area (Å²) in [6.45, 7) is 2.03. The Hall–Kier alpha value is -1.19. The minimum Gasteiger partial charge on any atom is -0.595 e. The Bertz CT molecular complexity index is 696. The molecule has 22 heavy (non-hydrogen) atoms. The minimum absolute atomic E-state index is 0.206. The van der Waals surface area contributed by atoms with Gasteiger partial charge in [0.25, 0.3) is 0 Å². The summed E-state index contributed by atoms with van der Waals surface area (Å²) in [5, 5.41) is 18.9. The van der Waals surface area contributed by atoms with Crippen LogP contribution in [0.15, 0.2) is 33.3 Å². The lowest BCUT2D eigenvalue weighted by atomic mass is 10.1. The van der Waals surface area contributed by atoms with Crippen molar-refractivity contribution in [2.24, 2.45) is 7.05 Å². The molecule has 0 amide bonds. The molecule has 0 saturated carbocycles. The van der Waals surface area contributed by atoms with E-state index in [4.69, 9.17) is 9.94 Å². The third kappa shape index (κ3) is 3.11. The van der Waals surface area contributed by atoms with Crippen LogP contribution in [0.25, 0.3) is 11.1 Å². The Kier molecular flexibility index (Phi) is 5.41. The van der Waals surface area contributed by atoms with Crippen LogP contribution in [0.4, 0.5) is 5.69 Å². The second-order valence-electron chi connectivity index (χ2n) is 4.49. The zero-order valence-corrected chi connectivity index (χ0v) is 15.1. The number of rotatable bonds is 4. The monoisotopic (exact) mass is 432 g/mol. The molecule has 118 valence electrons. The molecule has 6 nitrogen and oxygen atoms in total. The lowest BCUT2D eigenvalue weighted by Gasteiger charge is -2.11. The standard InChI is InChI=1S/C14H14Br2N2O4/c1-3-22-14(19)12-11(15)10(13(16)17(12)2)8-4-6-9(7-5-8)18(20)21/h4-7,18,20H,3H2,1-2H3. The van der Waals surface area contributed by atoms with Gasteiger partial charge < -0.3 is 14.5 Å². The predicted octanol–water partition coefficient (Wildman–Crippen LogP) is 2.80. The van der Waals surface area contributed by atoms with E-state index >= 15 is 0 Å². The molecule has 1 atom stereocenters. The third-order valence-electron chi connectivity index (χ3n) is 3.15. The van der Waals surface area contributed by atoms with Gasteiger partial charge in [-0.3, -0.25) is 0 Å². The van der Waals surface area contributed by atoms with Crippen LogP contribution in [-0.2, 0) is 11.8 Å². The van der Waals surface area contributed by atoms with E-state index in [-0.39, 0.29) is 12.3 Å². The topological polar surface area (TPSA) is 79.0 Å². The minimum atomic E-state index is -0.982. The number of halogens is 2. The summed E-state index contributed by atoms with van der Waals surface area (Å²) in [6.07, 6.45) is 0. The molecule has 0 aliphatic carbocycles. The molecule has 0 fully saturated rings. The van der Waals surface area contributed by atoms with E-state index in [1.165, 1.54) is 12.1 Å². The molecule has 0 bridgehead atoms. The van der Waals surface area contributed by atoms with E-state index in [0.717, 1.165) is 11.1 Å². The molecule has 1 unspecified atom stereocenters. The lowest BCUT2D eigenvalue weighted by molar-refractivity contribution is -0.991. The van der Waals surface area contributed by atoms with E-state index in [2.05, 4.69) is 31.9 Å². The summed E-state index contributed by atoms with van der Waals surface area (Å²) >= 11 is 6.90. The SMILES string of the molecule is CCOC(=O)c1c(Br)c(-c2ccc([NH+]([O-])O)cc2)c(Br)n1C. The number of ether oxygens (including phenoxy) is 1. The van der Waals surface area contributed by atoms with Crippen LogP contribution in [-0.4, -0.2) is 22.4 Å². The molecule has 1 aromatic carbocycles. The molecule has 1 aromatic heterocycles. The fourth-order valence-corrected chi connectivity index (χ4v) is 3.79. The van der Waals surface area contributed by atoms with Gasteiger partial charge in [0.15, 0.2) is 5.69 Å². The Morgan fingerprint density at radius 2 is 1.95 bits per heavy atom. The first-order valence-electron chi connectivity index (χ1n) is 6.43. The van der Waals surface area contributed by atoms with Crippen molar-refractivity contribution in [3.63, 3.8) is 0 Å². The number of aromatic nitrogens is 1. The number of nitrogens with zero attached hydrogens (tertiary/aromatic N) is 1. The van der Waals surface area contributed by atoms with Crippen molar-refractivity contribution in [1.82, 2.24) is 4.57 Å². The molecule has 2 N–H and O–H groups in total. The summed E-state index contributed by atoms with van der Waals surface area (Å²) in [5.74, 6) is -0.425. The second kappa shape index (κ2) is 6.93. The molecule has 8 heteroatoms. The zero-order chi connectivity index (χ0) is 16.4. The largest absolute Gasteiger partial charge is 0.595 e. The molecule has 0 saturated heterocycles. The summed E-state index contributed by atoms with van der Waals surface area (Å²) in [6, 6.07) is 6.44. The molecule has 0 spiro atoms. The van der Waals surface area contributed by atoms with Gasteiger partial charge in [0.1, 0.15) is 5.69 Å².